The number of aryl methyl sites for hydroxylation is 1. The van der Waals surface area contributed by atoms with Gasteiger partial charge in [0.05, 0.1) is 0 Å². The Hall–Kier alpha value is -1.35. The lowest BCUT2D eigenvalue weighted by Crippen LogP contribution is -2.51. The summed E-state index contributed by atoms with van der Waals surface area (Å²) in [5, 5.41) is 3.27. The maximum atomic E-state index is 12.9. The third kappa shape index (κ3) is 2.59. The first-order chi connectivity index (χ1) is 9.77. The van der Waals surface area contributed by atoms with Crippen molar-refractivity contribution in [1.29, 1.82) is 0 Å². The molecule has 1 aromatic carbocycles. The van der Waals surface area contributed by atoms with E-state index in [1.165, 1.54) is 18.4 Å². The lowest BCUT2D eigenvalue weighted by molar-refractivity contribution is -0.124. The molecule has 20 heavy (non-hydrogen) atoms. The smallest absolute Gasteiger partial charge is 0.230 e. The number of rotatable bonds is 2. The van der Waals surface area contributed by atoms with Gasteiger partial charge in [-0.15, -0.1) is 0 Å². The molecule has 1 aromatic rings. The largest absolute Gasteiger partial charge is 0.316 e. The molecule has 3 rings (SSSR count). The van der Waals surface area contributed by atoms with Crippen molar-refractivity contribution in [2.45, 2.75) is 32.6 Å². The topological polar surface area (TPSA) is 32.3 Å². The van der Waals surface area contributed by atoms with Crippen LogP contribution in [-0.2, 0) is 11.2 Å². The van der Waals surface area contributed by atoms with Gasteiger partial charge in [-0.25, -0.2) is 0 Å². The molecule has 1 saturated heterocycles. The molecule has 1 amide bonds. The average Bonchev–Trinajstić information content (AvgIpc) is 2.37. The molecule has 2 aliphatic heterocycles. The van der Waals surface area contributed by atoms with Gasteiger partial charge >= 0.3 is 0 Å². The van der Waals surface area contributed by atoms with Gasteiger partial charge in [-0.2, -0.15) is 0 Å². The molecule has 0 aliphatic carbocycles. The van der Waals surface area contributed by atoms with Gasteiger partial charge in [0.15, 0.2) is 0 Å². The number of fused-ring (bicyclic) bond motifs is 1. The minimum absolute atomic E-state index is 0.128. The monoisotopic (exact) mass is 272 g/mol. The van der Waals surface area contributed by atoms with E-state index in [4.69, 9.17) is 0 Å². The van der Waals surface area contributed by atoms with Gasteiger partial charge < -0.3 is 10.2 Å². The highest BCUT2D eigenvalue weighted by Crippen LogP contribution is 2.28. The van der Waals surface area contributed by atoms with Gasteiger partial charge in [0.1, 0.15) is 0 Å². The Kier molecular flexibility index (Phi) is 4.06. The first kappa shape index (κ1) is 13.6. The Morgan fingerprint density at radius 1 is 1.25 bits per heavy atom. The summed E-state index contributed by atoms with van der Waals surface area (Å²) in [6.45, 7) is 4.94. The van der Waals surface area contributed by atoms with Crippen molar-refractivity contribution in [2.24, 2.45) is 11.8 Å². The van der Waals surface area contributed by atoms with Crippen LogP contribution in [0.25, 0.3) is 0 Å². The van der Waals surface area contributed by atoms with Crippen LogP contribution < -0.4 is 10.2 Å². The molecule has 1 N–H and O–H groups in total. The molecule has 2 heterocycles. The van der Waals surface area contributed by atoms with Gasteiger partial charge in [-0.3, -0.25) is 4.79 Å². The fourth-order valence-corrected chi connectivity index (χ4v) is 3.21. The first-order valence-corrected chi connectivity index (χ1v) is 7.87. The number of carbonyl (C=O) groups excluding carboxylic acids is 1. The zero-order valence-electron chi connectivity index (χ0n) is 12.3. The highest BCUT2D eigenvalue weighted by Gasteiger charge is 2.32. The lowest BCUT2D eigenvalue weighted by Gasteiger charge is -2.36. The van der Waals surface area contributed by atoms with Crippen LogP contribution in [0.1, 0.15) is 31.7 Å². The summed E-state index contributed by atoms with van der Waals surface area (Å²) in [6, 6.07) is 8.43. The number of hydrogen-bond acceptors (Lipinski definition) is 2. The van der Waals surface area contributed by atoms with Crippen molar-refractivity contribution < 1.29 is 4.79 Å². The molecule has 1 unspecified atom stereocenters. The van der Waals surface area contributed by atoms with Gasteiger partial charge in [0.25, 0.3) is 0 Å². The number of amides is 1. The number of nitrogens with one attached hydrogen (secondary N) is 1. The van der Waals surface area contributed by atoms with Crippen LogP contribution in [0.2, 0.25) is 0 Å². The minimum Gasteiger partial charge on any atom is -0.316 e. The first-order valence-electron chi connectivity index (χ1n) is 7.87. The highest BCUT2D eigenvalue weighted by molar-refractivity contribution is 5.95. The quantitative estimate of drug-likeness (QED) is 0.897. The summed E-state index contributed by atoms with van der Waals surface area (Å²) < 4.78 is 0. The molecular formula is C17H24N2O. The van der Waals surface area contributed by atoms with Crippen LogP contribution in [0.4, 0.5) is 5.69 Å². The Morgan fingerprint density at radius 2 is 2.05 bits per heavy atom. The highest BCUT2D eigenvalue weighted by atomic mass is 16.2. The van der Waals surface area contributed by atoms with E-state index >= 15 is 0 Å². The van der Waals surface area contributed by atoms with Crippen molar-refractivity contribution in [1.82, 2.24) is 5.32 Å². The second-order valence-electron chi connectivity index (χ2n) is 6.14. The molecule has 0 saturated carbocycles. The van der Waals surface area contributed by atoms with Gasteiger partial charge in [-0.05, 0) is 49.9 Å². The summed E-state index contributed by atoms with van der Waals surface area (Å²) in [6.07, 6.45) is 4.67. The number of anilines is 1. The normalized spacial score (nSPS) is 21.4. The number of para-hydroxylation sites is 1. The Bertz CT molecular complexity index is 482. The molecule has 0 radical (unpaired) electrons. The van der Waals surface area contributed by atoms with E-state index in [2.05, 4.69) is 41.4 Å². The number of benzene rings is 1. The fraction of sp³-hybridized carbons (Fsp3) is 0.588. The van der Waals surface area contributed by atoms with E-state index in [-0.39, 0.29) is 5.92 Å². The number of carbonyl (C=O) groups is 1. The molecule has 3 heteroatoms. The van der Waals surface area contributed by atoms with Gasteiger partial charge in [0.2, 0.25) is 5.91 Å². The molecule has 0 bridgehead atoms. The second kappa shape index (κ2) is 5.96. The zero-order valence-corrected chi connectivity index (χ0v) is 12.3. The Morgan fingerprint density at radius 3 is 2.80 bits per heavy atom. The van der Waals surface area contributed by atoms with Crippen molar-refractivity contribution >= 4 is 11.6 Å². The van der Waals surface area contributed by atoms with E-state index in [9.17, 15) is 4.79 Å². The van der Waals surface area contributed by atoms with E-state index in [0.29, 0.717) is 11.8 Å². The SMILES string of the molecule is CC(C(=O)N1CCCCCc2ccccc21)C1CNC1. The average molecular weight is 272 g/mol. The fourth-order valence-electron chi connectivity index (χ4n) is 3.21. The predicted molar refractivity (Wildman–Crippen MR) is 81.9 cm³/mol. The van der Waals surface area contributed by atoms with Crippen molar-refractivity contribution in [3.63, 3.8) is 0 Å². The summed E-state index contributed by atoms with van der Waals surface area (Å²) in [4.78, 5) is 14.9. The van der Waals surface area contributed by atoms with Crippen molar-refractivity contribution in [3.8, 4) is 0 Å². The second-order valence-corrected chi connectivity index (χ2v) is 6.14. The number of hydrogen-bond donors (Lipinski definition) is 1. The lowest BCUT2D eigenvalue weighted by atomic mass is 9.87. The molecule has 3 nitrogen and oxygen atoms in total. The summed E-state index contributed by atoms with van der Waals surface area (Å²) in [7, 11) is 0. The Balaban J connectivity index is 1.85. The third-order valence-electron chi connectivity index (χ3n) is 4.79. The molecule has 1 atom stereocenters. The molecule has 0 spiro atoms. The van der Waals surface area contributed by atoms with Crippen molar-refractivity contribution in [3.05, 3.63) is 29.8 Å². The molecule has 1 fully saturated rings. The van der Waals surface area contributed by atoms with Crippen LogP contribution in [0.3, 0.4) is 0 Å². The van der Waals surface area contributed by atoms with E-state index in [0.717, 1.165) is 38.2 Å². The molecule has 108 valence electrons. The molecule has 2 aliphatic rings. The minimum atomic E-state index is 0.128. The van der Waals surface area contributed by atoms with E-state index < -0.39 is 0 Å². The van der Waals surface area contributed by atoms with Crippen LogP contribution in [0, 0.1) is 11.8 Å². The Labute approximate surface area is 121 Å². The zero-order chi connectivity index (χ0) is 13.9. The summed E-state index contributed by atoms with van der Waals surface area (Å²) in [5.41, 5.74) is 2.48. The third-order valence-corrected chi connectivity index (χ3v) is 4.79. The predicted octanol–water partition coefficient (Wildman–Crippen LogP) is 2.60. The van der Waals surface area contributed by atoms with Crippen molar-refractivity contribution in [2.75, 3.05) is 24.5 Å². The maximum absolute atomic E-state index is 12.9. The van der Waals surface area contributed by atoms with Crippen LogP contribution in [-0.4, -0.2) is 25.5 Å². The van der Waals surface area contributed by atoms with E-state index in [1.54, 1.807) is 0 Å². The standard InChI is InChI=1S/C17H24N2O/c1-13(15-11-18-12-15)17(20)19-10-6-2-3-7-14-8-4-5-9-16(14)19/h4-5,8-9,13,15,18H,2-3,6-7,10-12H2,1H3. The summed E-state index contributed by atoms with van der Waals surface area (Å²) in [5.74, 6) is 0.953. The van der Waals surface area contributed by atoms with Gasteiger partial charge in [-0.1, -0.05) is 31.5 Å². The number of nitrogens with zero attached hydrogens (tertiary/aromatic N) is 1. The van der Waals surface area contributed by atoms with Gasteiger partial charge in [0, 0.05) is 18.2 Å². The van der Waals surface area contributed by atoms with Crippen LogP contribution in [0.5, 0.6) is 0 Å². The van der Waals surface area contributed by atoms with Crippen LogP contribution in [0.15, 0.2) is 24.3 Å². The maximum Gasteiger partial charge on any atom is 0.230 e. The van der Waals surface area contributed by atoms with Crippen LogP contribution >= 0.6 is 0 Å². The molecular weight excluding hydrogens is 248 g/mol. The molecule has 0 aromatic heterocycles. The summed E-state index contributed by atoms with van der Waals surface area (Å²) >= 11 is 0. The van der Waals surface area contributed by atoms with E-state index in [1.807, 2.05) is 0 Å².